The molecule has 1 amide bonds. The number of carbonyl (C=O) groups is 1. The molecule has 92 valence electrons. The number of amides is 1. The van der Waals surface area contributed by atoms with E-state index in [1.54, 1.807) is 6.92 Å². The molecule has 1 unspecified atom stereocenters. The lowest BCUT2D eigenvalue weighted by molar-refractivity contribution is -0.128. The zero-order chi connectivity index (χ0) is 12.6. The first-order chi connectivity index (χ1) is 7.52. The molecule has 0 aliphatic carbocycles. The highest BCUT2D eigenvalue weighted by atomic mass is 16.3. The first-order valence-corrected chi connectivity index (χ1v) is 5.90. The van der Waals surface area contributed by atoms with E-state index in [0.717, 1.165) is 6.42 Å². The summed E-state index contributed by atoms with van der Waals surface area (Å²) in [6.07, 6.45) is 2.12. The molecule has 0 saturated carbocycles. The Morgan fingerprint density at radius 2 is 2.06 bits per heavy atom. The fourth-order valence-electron chi connectivity index (χ4n) is 1.55. The van der Waals surface area contributed by atoms with Gasteiger partial charge >= 0.3 is 0 Å². The van der Waals surface area contributed by atoms with Crippen molar-refractivity contribution < 1.29 is 9.90 Å². The SMILES string of the molecule is CCC(C#N)(CC)C(=O)NCCCC(C)O. The molecule has 0 aromatic rings. The van der Waals surface area contributed by atoms with Crippen LogP contribution in [0.2, 0.25) is 0 Å². The molecule has 0 spiro atoms. The van der Waals surface area contributed by atoms with Crippen molar-refractivity contribution >= 4 is 5.91 Å². The smallest absolute Gasteiger partial charge is 0.240 e. The lowest BCUT2D eigenvalue weighted by Gasteiger charge is -2.22. The van der Waals surface area contributed by atoms with E-state index in [1.807, 2.05) is 13.8 Å². The van der Waals surface area contributed by atoms with E-state index in [0.29, 0.717) is 25.8 Å². The van der Waals surface area contributed by atoms with Crippen LogP contribution in [0.3, 0.4) is 0 Å². The van der Waals surface area contributed by atoms with Crippen LogP contribution in [0.15, 0.2) is 0 Å². The number of carbonyl (C=O) groups excluding carboxylic acids is 1. The van der Waals surface area contributed by atoms with Crippen molar-refractivity contribution in [1.29, 1.82) is 5.26 Å². The molecule has 4 heteroatoms. The number of hydrogen-bond acceptors (Lipinski definition) is 3. The second-order valence-electron chi connectivity index (χ2n) is 4.15. The second kappa shape index (κ2) is 7.24. The van der Waals surface area contributed by atoms with E-state index in [-0.39, 0.29) is 12.0 Å². The molecule has 16 heavy (non-hydrogen) atoms. The van der Waals surface area contributed by atoms with Crippen LogP contribution in [0, 0.1) is 16.7 Å². The molecular weight excluding hydrogens is 204 g/mol. The van der Waals surface area contributed by atoms with E-state index in [1.165, 1.54) is 0 Å². The van der Waals surface area contributed by atoms with Crippen molar-refractivity contribution in [2.75, 3.05) is 6.54 Å². The minimum atomic E-state index is -0.884. The second-order valence-corrected chi connectivity index (χ2v) is 4.15. The van der Waals surface area contributed by atoms with Gasteiger partial charge in [-0.25, -0.2) is 0 Å². The zero-order valence-corrected chi connectivity index (χ0v) is 10.4. The monoisotopic (exact) mass is 226 g/mol. The third kappa shape index (κ3) is 4.19. The van der Waals surface area contributed by atoms with Crippen LogP contribution in [0.25, 0.3) is 0 Å². The topological polar surface area (TPSA) is 73.1 Å². The van der Waals surface area contributed by atoms with Crippen molar-refractivity contribution in [2.45, 2.75) is 52.6 Å². The van der Waals surface area contributed by atoms with Crippen LogP contribution in [0.4, 0.5) is 0 Å². The number of rotatable bonds is 7. The molecular formula is C12H22N2O2. The first kappa shape index (κ1) is 14.9. The maximum atomic E-state index is 11.8. The fourth-order valence-corrected chi connectivity index (χ4v) is 1.55. The van der Waals surface area contributed by atoms with Gasteiger partial charge in [0.2, 0.25) is 5.91 Å². The van der Waals surface area contributed by atoms with Crippen LogP contribution in [-0.4, -0.2) is 23.7 Å². The largest absolute Gasteiger partial charge is 0.393 e. The standard InChI is InChI=1S/C12H22N2O2/c1-4-12(5-2,9-13)11(16)14-8-6-7-10(3)15/h10,15H,4-8H2,1-3H3,(H,14,16). The Kier molecular flexibility index (Phi) is 6.75. The van der Waals surface area contributed by atoms with Crippen molar-refractivity contribution in [2.24, 2.45) is 5.41 Å². The van der Waals surface area contributed by atoms with Crippen molar-refractivity contribution in [3.05, 3.63) is 0 Å². The molecule has 0 bridgehead atoms. The maximum absolute atomic E-state index is 11.8. The van der Waals surface area contributed by atoms with Crippen molar-refractivity contribution in [3.63, 3.8) is 0 Å². The summed E-state index contributed by atoms with van der Waals surface area (Å²) in [4.78, 5) is 11.8. The van der Waals surface area contributed by atoms with Crippen molar-refractivity contribution in [1.82, 2.24) is 5.32 Å². The Bertz CT molecular complexity index is 252. The Labute approximate surface area is 97.7 Å². The fraction of sp³-hybridized carbons (Fsp3) is 0.833. The highest BCUT2D eigenvalue weighted by molar-refractivity contribution is 5.85. The summed E-state index contributed by atoms with van der Waals surface area (Å²) in [5.74, 6) is -0.189. The van der Waals surface area contributed by atoms with E-state index in [4.69, 9.17) is 10.4 Å². The summed E-state index contributed by atoms with van der Waals surface area (Å²) >= 11 is 0. The molecule has 2 N–H and O–H groups in total. The third-order valence-electron chi connectivity index (χ3n) is 2.94. The highest BCUT2D eigenvalue weighted by Crippen LogP contribution is 2.25. The summed E-state index contributed by atoms with van der Waals surface area (Å²) in [5.41, 5.74) is -0.884. The third-order valence-corrected chi connectivity index (χ3v) is 2.94. The number of nitrogens with one attached hydrogen (secondary N) is 1. The van der Waals surface area contributed by atoms with E-state index in [2.05, 4.69) is 11.4 Å². The molecule has 4 nitrogen and oxygen atoms in total. The van der Waals surface area contributed by atoms with E-state index >= 15 is 0 Å². The number of aliphatic hydroxyl groups is 1. The Morgan fingerprint density at radius 3 is 2.44 bits per heavy atom. The predicted molar refractivity (Wildman–Crippen MR) is 62.6 cm³/mol. The molecule has 0 aromatic heterocycles. The van der Waals surface area contributed by atoms with Crippen molar-refractivity contribution in [3.8, 4) is 6.07 Å². The van der Waals surface area contributed by atoms with Gasteiger partial charge < -0.3 is 10.4 Å². The van der Waals surface area contributed by atoms with Gasteiger partial charge in [0.05, 0.1) is 12.2 Å². The van der Waals surface area contributed by atoms with Crippen LogP contribution >= 0.6 is 0 Å². The van der Waals surface area contributed by atoms with Gasteiger partial charge in [0, 0.05) is 6.54 Å². The van der Waals surface area contributed by atoms with Crippen LogP contribution in [-0.2, 0) is 4.79 Å². The molecule has 0 saturated heterocycles. The van der Waals surface area contributed by atoms with Gasteiger partial charge in [0.25, 0.3) is 0 Å². The average Bonchev–Trinajstić information content (AvgIpc) is 2.27. The minimum absolute atomic E-state index is 0.189. The lowest BCUT2D eigenvalue weighted by Crippen LogP contribution is -2.39. The number of aliphatic hydroxyl groups excluding tert-OH is 1. The Balaban J connectivity index is 4.09. The normalized spacial score (nSPS) is 12.9. The summed E-state index contributed by atoms with van der Waals surface area (Å²) in [6, 6.07) is 2.10. The number of nitrogens with zero attached hydrogens (tertiary/aromatic N) is 1. The zero-order valence-electron chi connectivity index (χ0n) is 10.4. The van der Waals surface area contributed by atoms with Crippen LogP contribution in [0.5, 0.6) is 0 Å². The van der Waals surface area contributed by atoms with Gasteiger partial charge in [-0.3, -0.25) is 4.79 Å². The van der Waals surface area contributed by atoms with Gasteiger partial charge in [-0.1, -0.05) is 13.8 Å². The van der Waals surface area contributed by atoms with E-state index < -0.39 is 5.41 Å². The molecule has 1 atom stereocenters. The van der Waals surface area contributed by atoms with Crippen LogP contribution < -0.4 is 5.32 Å². The summed E-state index contributed by atoms with van der Waals surface area (Å²) in [7, 11) is 0. The molecule has 0 heterocycles. The molecule has 0 radical (unpaired) electrons. The molecule has 0 aromatic carbocycles. The molecule has 0 aliphatic rings. The number of hydrogen-bond donors (Lipinski definition) is 2. The lowest BCUT2D eigenvalue weighted by atomic mass is 9.83. The first-order valence-electron chi connectivity index (χ1n) is 5.90. The van der Waals surface area contributed by atoms with Gasteiger partial charge in [-0.05, 0) is 32.6 Å². The summed E-state index contributed by atoms with van der Waals surface area (Å²) in [5, 5.41) is 20.9. The van der Waals surface area contributed by atoms with E-state index in [9.17, 15) is 4.79 Å². The van der Waals surface area contributed by atoms with Gasteiger partial charge in [0.15, 0.2) is 0 Å². The summed E-state index contributed by atoms with van der Waals surface area (Å²) < 4.78 is 0. The van der Waals surface area contributed by atoms with Crippen LogP contribution in [0.1, 0.15) is 46.5 Å². The molecule has 0 aliphatic heterocycles. The Morgan fingerprint density at radius 1 is 1.50 bits per heavy atom. The van der Waals surface area contributed by atoms with Gasteiger partial charge in [0.1, 0.15) is 5.41 Å². The summed E-state index contributed by atoms with van der Waals surface area (Å²) in [6.45, 7) is 5.94. The minimum Gasteiger partial charge on any atom is -0.393 e. The predicted octanol–water partition coefficient (Wildman–Crippen LogP) is 1.59. The molecule has 0 rings (SSSR count). The quantitative estimate of drug-likeness (QED) is 0.647. The Hall–Kier alpha value is -1.08. The molecule has 0 fully saturated rings. The van der Waals surface area contributed by atoms with Gasteiger partial charge in [-0.2, -0.15) is 5.26 Å². The maximum Gasteiger partial charge on any atom is 0.240 e. The van der Waals surface area contributed by atoms with Gasteiger partial charge in [-0.15, -0.1) is 0 Å². The highest BCUT2D eigenvalue weighted by Gasteiger charge is 2.34. The number of nitriles is 1. The average molecular weight is 226 g/mol.